The van der Waals surface area contributed by atoms with Crippen molar-refractivity contribution in [3.05, 3.63) is 0 Å². The third-order valence-corrected chi connectivity index (χ3v) is 4.46. The number of carbonyl (C=O) groups excluding carboxylic acids is 1. The van der Waals surface area contributed by atoms with Gasteiger partial charge in [0.05, 0.1) is 12.0 Å². The number of Topliss-reactive ketones (excluding diaryl/α,β-unsaturated/α-hetero) is 1. The van der Waals surface area contributed by atoms with Crippen molar-refractivity contribution in [2.45, 2.75) is 32.1 Å². The van der Waals surface area contributed by atoms with Gasteiger partial charge in [0.25, 0.3) is 0 Å². The molecular formula is C11H16O2. The van der Waals surface area contributed by atoms with Gasteiger partial charge in [0, 0.05) is 5.92 Å². The zero-order valence-corrected chi connectivity index (χ0v) is 7.83. The maximum atomic E-state index is 12.0. The first-order valence-electron chi connectivity index (χ1n) is 5.39. The van der Waals surface area contributed by atoms with Gasteiger partial charge in [-0.3, -0.25) is 4.79 Å². The van der Waals surface area contributed by atoms with E-state index in [-0.39, 0.29) is 12.0 Å². The molecule has 2 nitrogen and oxygen atoms in total. The summed E-state index contributed by atoms with van der Waals surface area (Å²) in [7, 11) is 0. The van der Waals surface area contributed by atoms with Crippen molar-refractivity contribution < 1.29 is 9.90 Å². The molecule has 13 heavy (non-hydrogen) atoms. The Bertz CT molecular complexity index is 245. The lowest BCUT2D eigenvalue weighted by Crippen LogP contribution is -2.54. The van der Waals surface area contributed by atoms with Gasteiger partial charge in [-0.05, 0) is 43.9 Å². The standard InChI is InChI=1S/C11H16O2/c12-6-11-4-7-1-8(5-11)3-9(2-7)10(11)13/h7-9,12H,1-6H2/t7-,8+,9?,11?. The largest absolute Gasteiger partial charge is 0.395 e. The molecule has 4 fully saturated rings. The van der Waals surface area contributed by atoms with Gasteiger partial charge in [-0.2, -0.15) is 0 Å². The van der Waals surface area contributed by atoms with Crippen LogP contribution in [0.3, 0.4) is 0 Å². The molecule has 0 spiro atoms. The van der Waals surface area contributed by atoms with Crippen molar-refractivity contribution in [3.8, 4) is 0 Å². The van der Waals surface area contributed by atoms with E-state index in [1.54, 1.807) is 0 Å². The Hall–Kier alpha value is -0.370. The fraction of sp³-hybridized carbons (Fsp3) is 0.909. The van der Waals surface area contributed by atoms with E-state index in [2.05, 4.69) is 0 Å². The Morgan fingerprint density at radius 1 is 1.23 bits per heavy atom. The number of ketones is 1. The van der Waals surface area contributed by atoms with E-state index >= 15 is 0 Å². The van der Waals surface area contributed by atoms with Gasteiger partial charge in [0.2, 0.25) is 0 Å². The van der Waals surface area contributed by atoms with E-state index in [1.165, 1.54) is 6.42 Å². The predicted octanol–water partition coefficient (Wildman–Crippen LogP) is 1.37. The summed E-state index contributed by atoms with van der Waals surface area (Å²) in [6, 6.07) is 0. The number of hydrogen-bond acceptors (Lipinski definition) is 2. The second-order valence-corrected chi connectivity index (χ2v) is 5.35. The summed E-state index contributed by atoms with van der Waals surface area (Å²) in [5, 5.41) is 9.38. The summed E-state index contributed by atoms with van der Waals surface area (Å²) < 4.78 is 0. The van der Waals surface area contributed by atoms with Gasteiger partial charge in [-0.15, -0.1) is 0 Å². The SMILES string of the molecule is O=C1C2C[C@@H]3C[C@H](C2)CC1(CO)C3. The van der Waals surface area contributed by atoms with Crippen LogP contribution in [0.1, 0.15) is 32.1 Å². The molecule has 4 atom stereocenters. The van der Waals surface area contributed by atoms with Crippen LogP contribution < -0.4 is 0 Å². The molecule has 0 saturated heterocycles. The lowest BCUT2D eigenvalue weighted by molar-refractivity contribution is -0.157. The van der Waals surface area contributed by atoms with Crippen molar-refractivity contribution >= 4 is 5.78 Å². The molecule has 4 bridgehead atoms. The summed E-state index contributed by atoms with van der Waals surface area (Å²) >= 11 is 0. The smallest absolute Gasteiger partial charge is 0.144 e. The molecule has 1 N–H and O–H groups in total. The van der Waals surface area contributed by atoms with Crippen LogP contribution in [0.4, 0.5) is 0 Å². The molecule has 4 aliphatic carbocycles. The quantitative estimate of drug-likeness (QED) is 0.661. The zero-order valence-electron chi connectivity index (χ0n) is 7.83. The van der Waals surface area contributed by atoms with Crippen LogP contribution in [0.5, 0.6) is 0 Å². The van der Waals surface area contributed by atoms with Crippen LogP contribution >= 0.6 is 0 Å². The van der Waals surface area contributed by atoms with Gasteiger partial charge in [0.15, 0.2) is 0 Å². The molecule has 2 unspecified atom stereocenters. The lowest BCUT2D eigenvalue weighted by Gasteiger charge is -2.54. The van der Waals surface area contributed by atoms with Crippen molar-refractivity contribution in [1.29, 1.82) is 0 Å². The van der Waals surface area contributed by atoms with E-state index in [0.29, 0.717) is 11.7 Å². The Kier molecular flexibility index (Phi) is 1.44. The molecule has 0 aromatic heterocycles. The molecule has 0 amide bonds. The summed E-state index contributed by atoms with van der Waals surface area (Å²) in [5.41, 5.74) is -0.283. The molecule has 0 heterocycles. The average molecular weight is 180 g/mol. The van der Waals surface area contributed by atoms with Gasteiger partial charge < -0.3 is 5.11 Å². The molecule has 4 rings (SSSR count). The van der Waals surface area contributed by atoms with Crippen molar-refractivity contribution in [1.82, 2.24) is 0 Å². The van der Waals surface area contributed by atoms with E-state index in [0.717, 1.165) is 37.5 Å². The monoisotopic (exact) mass is 180 g/mol. The first-order valence-corrected chi connectivity index (χ1v) is 5.39. The highest BCUT2D eigenvalue weighted by atomic mass is 16.3. The minimum atomic E-state index is -0.283. The van der Waals surface area contributed by atoms with E-state index in [4.69, 9.17) is 0 Å². The highest BCUT2D eigenvalue weighted by Crippen LogP contribution is 2.57. The van der Waals surface area contributed by atoms with Gasteiger partial charge >= 0.3 is 0 Å². The van der Waals surface area contributed by atoms with E-state index in [9.17, 15) is 9.90 Å². The number of aliphatic hydroxyl groups is 1. The highest BCUT2D eigenvalue weighted by Gasteiger charge is 2.56. The maximum absolute atomic E-state index is 12.0. The number of carbonyl (C=O) groups is 1. The summed E-state index contributed by atoms with van der Waals surface area (Å²) in [4.78, 5) is 12.0. The second kappa shape index (κ2) is 2.35. The second-order valence-electron chi connectivity index (χ2n) is 5.35. The summed E-state index contributed by atoms with van der Waals surface area (Å²) in [5.74, 6) is 2.21. The molecular weight excluding hydrogens is 164 g/mol. The number of rotatable bonds is 1. The van der Waals surface area contributed by atoms with Crippen molar-refractivity contribution in [3.63, 3.8) is 0 Å². The van der Waals surface area contributed by atoms with Gasteiger partial charge in [-0.1, -0.05) is 0 Å². The van der Waals surface area contributed by atoms with Crippen LogP contribution in [0, 0.1) is 23.2 Å². The summed E-state index contributed by atoms with van der Waals surface area (Å²) in [6.45, 7) is 0.106. The number of aliphatic hydroxyl groups excluding tert-OH is 1. The Balaban J connectivity index is 2.00. The Morgan fingerprint density at radius 2 is 1.85 bits per heavy atom. The topological polar surface area (TPSA) is 37.3 Å². The minimum absolute atomic E-state index is 0.106. The van der Waals surface area contributed by atoms with Crippen LogP contribution in [0.15, 0.2) is 0 Å². The van der Waals surface area contributed by atoms with Crippen molar-refractivity contribution in [2.24, 2.45) is 23.2 Å². The zero-order chi connectivity index (χ0) is 9.05. The molecule has 0 aliphatic heterocycles. The third kappa shape index (κ3) is 0.899. The average Bonchev–Trinajstić information content (AvgIpc) is 2.12. The normalized spacial score (nSPS) is 53.0. The van der Waals surface area contributed by atoms with Crippen LogP contribution in [-0.4, -0.2) is 17.5 Å². The Morgan fingerprint density at radius 3 is 2.38 bits per heavy atom. The van der Waals surface area contributed by atoms with Crippen LogP contribution in [0.25, 0.3) is 0 Å². The molecule has 4 saturated carbocycles. The van der Waals surface area contributed by atoms with E-state index in [1.807, 2.05) is 0 Å². The molecule has 72 valence electrons. The van der Waals surface area contributed by atoms with Gasteiger partial charge in [0.1, 0.15) is 5.78 Å². The molecule has 0 radical (unpaired) electrons. The minimum Gasteiger partial charge on any atom is -0.395 e. The van der Waals surface area contributed by atoms with Crippen LogP contribution in [-0.2, 0) is 4.79 Å². The summed E-state index contributed by atoms with van der Waals surface area (Å²) in [6.07, 6.45) is 5.53. The van der Waals surface area contributed by atoms with Crippen molar-refractivity contribution in [2.75, 3.05) is 6.61 Å². The first-order chi connectivity index (χ1) is 6.23. The van der Waals surface area contributed by atoms with Gasteiger partial charge in [-0.25, -0.2) is 0 Å². The lowest BCUT2D eigenvalue weighted by atomic mass is 9.49. The molecule has 2 heteroatoms. The van der Waals surface area contributed by atoms with E-state index < -0.39 is 0 Å². The molecule has 0 aromatic rings. The fourth-order valence-corrected chi connectivity index (χ4v) is 4.14. The predicted molar refractivity (Wildman–Crippen MR) is 48.1 cm³/mol. The Labute approximate surface area is 78.3 Å². The fourth-order valence-electron chi connectivity index (χ4n) is 4.14. The first kappa shape index (κ1) is 7.98. The third-order valence-electron chi connectivity index (χ3n) is 4.46. The molecule has 4 aliphatic rings. The number of hydrogen-bond donors (Lipinski definition) is 1. The highest BCUT2D eigenvalue weighted by molar-refractivity contribution is 5.89. The maximum Gasteiger partial charge on any atom is 0.144 e. The van der Waals surface area contributed by atoms with Crippen LogP contribution in [0.2, 0.25) is 0 Å². The molecule has 0 aromatic carbocycles.